The van der Waals surface area contributed by atoms with Crippen molar-refractivity contribution in [3.05, 3.63) is 23.3 Å². The van der Waals surface area contributed by atoms with Gasteiger partial charge in [-0.2, -0.15) is 0 Å². The van der Waals surface area contributed by atoms with Gasteiger partial charge in [-0.15, -0.1) is 0 Å². The van der Waals surface area contributed by atoms with E-state index in [9.17, 15) is 5.11 Å². The summed E-state index contributed by atoms with van der Waals surface area (Å²) in [7, 11) is 0. The van der Waals surface area contributed by atoms with Crippen molar-refractivity contribution in [1.82, 2.24) is 0 Å². The van der Waals surface area contributed by atoms with Gasteiger partial charge in [-0.05, 0) is 44.4 Å². The Balaban J connectivity index is 2.47. The lowest BCUT2D eigenvalue weighted by Gasteiger charge is -2.24. The molecule has 2 rings (SSSR count). The average Bonchev–Trinajstić information content (AvgIpc) is 2.12. The van der Waals surface area contributed by atoms with Crippen molar-refractivity contribution in [2.45, 2.75) is 32.8 Å². The first-order valence-corrected chi connectivity index (χ1v) is 4.66. The Morgan fingerprint density at radius 3 is 3.00 bits per heavy atom. The van der Waals surface area contributed by atoms with Crippen molar-refractivity contribution in [2.24, 2.45) is 0 Å². The molecular weight excluding hydrogens is 164 g/mol. The van der Waals surface area contributed by atoms with Crippen LogP contribution in [0.5, 0.6) is 11.5 Å². The Morgan fingerprint density at radius 1 is 1.46 bits per heavy atom. The van der Waals surface area contributed by atoms with Crippen LogP contribution < -0.4 is 4.74 Å². The molecule has 0 aliphatic carbocycles. The molecule has 1 atom stereocenters. The van der Waals surface area contributed by atoms with Gasteiger partial charge in [0.2, 0.25) is 0 Å². The van der Waals surface area contributed by atoms with E-state index in [0.717, 1.165) is 29.7 Å². The van der Waals surface area contributed by atoms with E-state index in [4.69, 9.17) is 4.74 Å². The van der Waals surface area contributed by atoms with Gasteiger partial charge in [0.15, 0.2) is 0 Å². The fourth-order valence-electron chi connectivity index (χ4n) is 1.76. The summed E-state index contributed by atoms with van der Waals surface area (Å²) in [6, 6.07) is 3.56. The van der Waals surface area contributed by atoms with E-state index in [0.29, 0.717) is 11.9 Å². The molecule has 70 valence electrons. The standard InChI is InChI=1S/C11H14O2/c1-7-3-4-9-8(2)10(12)5-6-11(9)13-7/h5-7,12H,3-4H2,1-2H3. The topological polar surface area (TPSA) is 29.5 Å². The summed E-state index contributed by atoms with van der Waals surface area (Å²) in [5.41, 5.74) is 2.13. The lowest BCUT2D eigenvalue weighted by Crippen LogP contribution is -2.19. The number of benzene rings is 1. The number of phenolic OH excluding ortho intramolecular Hbond substituents is 1. The van der Waals surface area contributed by atoms with Gasteiger partial charge < -0.3 is 9.84 Å². The van der Waals surface area contributed by atoms with Crippen molar-refractivity contribution in [3.63, 3.8) is 0 Å². The van der Waals surface area contributed by atoms with Crippen molar-refractivity contribution >= 4 is 0 Å². The molecule has 0 saturated carbocycles. The minimum Gasteiger partial charge on any atom is -0.508 e. The molecule has 0 amide bonds. The predicted molar refractivity (Wildman–Crippen MR) is 51.3 cm³/mol. The van der Waals surface area contributed by atoms with E-state index >= 15 is 0 Å². The quantitative estimate of drug-likeness (QED) is 0.661. The van der Waals surface area contributed by atoms with Gasteiger partial charge >= 0.3 is 0 Å². The minimum absolute atomic E-state index is 0.302. The summed E-state index contributed by atoms with van der Waals surface area (Å²) in [6.07, 6.45) is 2.35. The summed E-state index contributed by atoms with van der Waals surface area (Å²) >= 11 is 0. The molecule has 2 heteroatoms. The molecule has 1 heterocycles. The van der Waals surface area contributed by atoms with Crippen LogP contribution >= 0.6 is 0 Å². The number of hydrogen-bond acceptors (Lipinski definition) is 2. The zero-order valence-electron chi connectivity index (χ0n) is 8.00. The first kappa shape index (κ1) is 8.42. The second-order valence-corrected chi connectivity index (χ2v) is 3.65. The molecular formula is C11H14O2. The molecule has 13 heavy (non-hydrogen) atoms. The van der Waals surface area contributed by atoms with Gasteiger partial charge in [0, 0.05) is 5.56 Å². The molecule has 0 bridgehead atoms. The molecule has 0 saturated heterocycles. The third kappa shape index (κ3) is 1.37. The number of rotatable bonds is 0. The van der Waals surface area contributed by atoms with E-state index in [-0.39, 0.29) is 0 Å². The minimum atomic E-state index is 0.302. The third-order valence-corrected chi connectivity index (χ3v) is 2.66. The normalized spacial score (nSPS) is 20.6. The number of hydrogen-bond donors (Lipinski definition) is 1. The molecule has 0 aromatic heterocycles. The predicted octanol–water partition coefficient (Wildman–Crippen LogP) is 2.41. The van der Waals surface area contributed by atoms with E-state index < -0.39 is 0 Å². The Morgan fingerprint density at radius 2 is 2.23 bits per heavy atom. The van der Waals surface area contributed by atoms with Crippen LogP contribution in [0, 0.1) is 6.92 Å². The summed E-state index contributed by atoms with van der Waals surface area (Å²) < 4.78 is 5.66. The van der Waals surface area contributed by atoms with Gasteiger partial charge in [-0.1, -0.05) is 0 Å². The van der Waals surface area contributed by atoms with Crippen molar-refractivity contribution in [3.8, 4) is 11.5 Å². The Kier molecular flexibility index (Phi) is 1.91. The highest BCUT2D eigenvalue weighted by atomic mass is 16.5. The first-order chi connectivity index (χ1) is 6.18. The Bertz CT molecular complexity index is 331. The largest absolute Gasteiger partial charge is 0.508 e. The van der Waals surface area contributed by atoms with Gasteiger partial charge in [-0.3, -0.25) is 0 Å². The Labute approximate surface area is 78.2 Å². The number of ether oxygens (including phenoxy) is 1. The van der Waals surface area contributed by atoms with Crippen molar-refractivity contribution in [2.75, 3.05) is 0 Å². The third-order valence-electron chi connectivity index (χ3n) is 2.66. The second kappa shape index (κ2) is 2.95. The smallest absolute Gasteiger partial charge is 0.123 e. The molecule has 1 aromatic rings. The van der Waals surface area contributed by atoms with Crippen LogP contribution in [0.4, 0.5) is 0 Å². The lowest BCUT2D eigenvalue weighted by atomic mass is 9.98. The molecule has 1 unspecified atom stereocenters. The summed E-state index contributed by atoms with van der Waals surface area (Å²) in [5, 5.41) is 9.49. The van der Waals surface area contributed by atoms with Gasteiger partial charge in [-0.25, -0.2) is 0 Å². The molecule has 0 fully saturated rings. The van der Waals surface area contributed by atoms with Crippen LogP contribution in [0.15, 0.2) is 12.1 Å². The van der Waals surface area contributed by atoms with Gasteiger partial charge in [0.25, 0.3) is 0 Å². The summed E-state index contributed by atoms with van der Waals surface area (Å²) in [4.78, 5) is 0. The molecule has 1 aliphatic rings. The zero-order chi connectivity index (χ0) is 9.42. The molecule has 0 spiro atoms. The molecule has 1 aromatic carbocycles. The zero-order valence-corrected chi connectivity index (χ0v) is 8.00. The number of phenols is 1. The second-order valence-electron chi connectivity index (χ2n) is 3.65. The fraction of sp³-hybridized carbons (Fsp3) is 0.455. The lowest BCUT2D eigenvalue weighted by molar-refractivity contribution is 0.191. The maximum absolute atomic E-state index is 9.49. The van der Waals surface area contributed by atoms with Crippen LogP contribution in [-0.2, 0) is 6.42 Å². The highest BCUT2D eigenvalue weighted by molar-refractivity contribution is 5.48. The fourth-order valence-corrected chi connectivity index (χ4v) is 1.76. The molecule has 1 aliphatic heterocycles. The van der Waals surface area contributed by atoms with Gasteiger partial charge in [0.05, 0.1) is 6.10 Å². The monoisotopic (exact) mass is 178 g/mol. The summed E-state index contributed by atoms with van der Waals surface area (Å²) in [6.45, 7) is 4.01. The average molecular weight is 178 g/mol. The molecule has 2 nitrogen and oxygen atoms in total. The van der Waals surface area contributed by atoms with Gasteiger partial charge in [0.1, 0.15) is 11.5 Å². The highest BCUT2D eigenvalue weighted by Crippen LogP contribution is 2.34. The summed E-state index contributed by atoms with van der Waals surface area (Å²) in [5.74, 6) is 1.31. The van der Waals surface area contributed by atoms with E-state index in [1.54, 1.807) is 6.07 Å². The first-order valence-electron chi connectivity index (χ1n) is 4.66. The van der Waals surface area contributed by atoms with Crippen LogP contribution in [0.2, 0.25) is 0 Å². The number of fused-ring (bicyclic) bond motifs is 1. The molecule has 1 N–H and O–H groups in total. The van der Waals surface area contributed by atoms with Crippen molar-refractivity contribution < 1.29 is 9.84 Å². The van der Waals surface area contributed by atoms with Crippen molar-refractivity contribution in [1.29, 1.82) is 0 Å². The number of aromatic hydroxyl groups is 1. The van der Waals surface area contributed by atoms with Crippen LogP contribution in [0.3, 0.4) is 0 Å². The van der Waals surface area contributed by atoms with E-state index in [2.05, 4.69) is 6.92 Å². The highest BCUT2D eigenvalue weighted by Gasteiger charge is 2.18. The molecule has 0 radical (unpaired) electrons. The van der Waals surface area contributed by atoms with Crippen LogP contribution in [0.1, 0.15) is 24.5 Å². The van der Waals surface area contributed by atoms with Crippen LogP contribution in [-0.4, -0.2) is 11.2 Å². The maximum atomic E-state index is 9.49. The van der Waals surface area contributed by atoms with E-state index in [1.807, 2.05) is 13.0 Å². The maximum Gasteiger partial charge on any atom is 0.123 e. The van der Waals surface area contributed by atoms with Crippen LogP contribution in [0.25, 0.3) is 0 Å². The SMILES string of the molecule is Cc1c(O)ccc2c1CCC(C)O2. The Hall–Kier alpha value is -1.18. The van der Waals surface area contributed by atoms with E-state index in [1.165, 1.54) is 0 Å².